The molecule has 2 aromatic rings. The summed E-state index contributed by atoms with van der Waals surface area (Å²) in [5, 5.41) is 3.11. The van der Waals surface area contributed by atoms with Gasteiger partial charge < -0.3 is 10.1 Å². The monoisotopic (exact) mass is 377 g/mol. The molecule has 0 unspecified atom stereocenters. The lowest BCUT2D eigenvalue weighted by molar-refractivity contribution is -0.141. The minimum Gasteiger partial charge on any atom is -0.468 e. The Hall–Kier alpha value is -2.35. The third-order valence-electron chi connectivity index (χ3n) is 3.49. The Morgan fingerprint density at radius 1 is 1.31 bits per heavy atom. The summed E-state index contributed by atoms with van der Waals surface area (Å²) < 4.78 is 5.93. The SMILES string of the molecule is COC(=O)Cn1c(S[C@H](C)C(=O)NC(C)(C)C)nc2ccccc2c1=O. The van der Waals surface area contributed by atoms with Crippen LogP contribution < -0.4 is 10.9 Å². The van der Waals surface area contributed by atoms with Gasteiger partial charge in [-0.05, 0) is 39.8 Å². The number of nitrogens with zero attached hydrogens (tertiary/aromatic N) is 2. The fourth-order valence-electron chi connectivity index (χ4n) is 2.25. The number of hydrogen-bond donors (Lipinski definition) is 1. The standard InChI is InChI=1S/C18H23N3O4S/c1-11(15(23)20-18(2,3)4)26-17-19-13-9-7-6-8-12(13)16(24)21(17)10-14(22)25-5/h6-9,11H,10H2,1-5H3,(H,20,23)/t11-/m1/s1. The van der Waals surface area contributed by atoms with Gasteiger partial charge in [-0.1, -0.05) is 23.9 Å². The van der Waals surface area contributed by atoms with Gasteiger partial charge in [-0.15, -0.1) is 0 Å². The van der Waals surface area contributed by atoms with Crippen molar-refractivity contribution >= 4 is 34.5 Å². The molecule has 26 heavy (non-hydrogen) atoms. The van der Waals surface area contributed by atoms with Crippen LogP contribution in [0.25, 0.3) is 10.9 Å². The second-order valence-electron chi connectivity index (χ2n) is 6.88. The summed E-state index contributed by atoms with van der Waals surface area (Å²) in [7, 11) is 1.26. The Balaban J connectivity index is 2.44. The zero-order valence-electron chi connectivity index (χ0n) is 15.5. The van der Waals surface area contributed by atoms with E-state index in [-0.39, 0.29) is 23.6 Å². The molecule has 1 atom stereocenters. The third-order valence-corrected chi connectivity index (χ3v) is 4.58. The number of benzene rings is 1. The number of carbonyl (C=O) groups is 2. The highest BCUT2D eigenvalue weighted by Crippen LogP contribution is 2.23. The van der Waals surface area contributed by atoms with E-state index in [1.165, 1.54) is 11.7 Å². The molecule has 1 aromatic carbocycles. The number of para-hydroxylation sites is 1. The average Bonchev–Trinajstić information content (AvgIpc) is 2.56. The highest BCUT2D eigenvalue weighted by Gasteiger charge is 2.23. The van der Waals surface area contributed by atoms with E-state index in [4.69, 9.17) is 0 Å². The molecule has 0 saturated heterocycles. The molecule has 0 radical (unpaired) electrons. The van der Waals surface area contributed by atoms with Crippen molar-refractivity contribution in [1.82, 2.24) is 14.9 Å². The van der Waals surface area contributed by atoms with E-state index in [2.05, 4.69) is 15.0 Å². The molecule has 2 rings (SSSR count). The topological polar surface area (TPSA) is 90.3 Å². The fourth-order valence-corrected chi connectivity index (χ4v) is 3.16. The van der Waals surface area contributed by atoms with Crippen LogP contribution in [0.4, 0.5) is 0 Å². The first-order valence-electron chi connectivity index (χ1n) is 8.17. The van der Waals surface area contributed by atoms with Crippen LogP contribution in [0.15, 0.2) is 34.2 Å². The summed E-state index contributed by atoms with van der Waals surface area (Å²) in [4.78, 5) is 41.4. The Morgan fingerprint density at radius 2 is 1.96 bits per heavy atom. The lowest BCUT2D eigenvalue weighted by atomic mass is 10.1. The van der Waals surface area contributed by atoms with Crippen molar-refractivity contribution in [1.29, 1.82) is 0 Å². The van der Waals surface area contributed by atoms with Crippen LogP contribution in [0.5, 0.6) is 0 Å². The zero-order valence-corrected chi connectivity index (χ0v) is 16.3. The number of esters is 1. The molecule has 0 aliphatic heterocycles. The van der Waals surface area contributed by atoms with E-state index in [1.54, 1.807) is 31.2 Å². The van der Waals surface area contributed by atoms with Crippen LogP contribution in [0.2, 0.25) is 0 Å². The van der Waals surface area contributed by atoms with Gasteiger partial charge in [-0.3, -0.25) is 19.0 Å². The number of ether oxygens (including phenoxy) is 1. The summed E-state index contributed by atoms with van der Waals surface area (Å²) in [5.74, 6) is -0.729. The Labute approximate surface area is 156 Å². The van der Waals surface area contributed by atoms with Crippen molar-refractivity contribution < 1.29 is 14.3 Å². The zero-order chi connectivity index (χ0) is 19.5. The second-order valence-corrected chi connectivity index (χ2v) is 8.19. The molecule has 1 heterocycles. The molecule has 7 nitrogen and oxygen atoms in total. The van der Waals surface area contributed by atoms with Gasteiger partial charge in [0.2, 0.25) is 5.91 Å². The summed E-state index contributed by atoms with van der Waals surface area (Å²) in [6, 6.07) is 6.90. The molecule has 0 spiro atoms. The number of rotatable bonds is 5. The first kappa shape index (κ1) is 20.0. The summed E-state index contributed by atoms with van der Waals surface area (Å²) >= 11 is 1.13. The van der Waals surface area contributed by atoms with Crippen molar-refractivity contribution in [2.45, 2.75) is 50.2 Å². The number of aromatic nitrogens is 2. The number of methoxy groups -OCH3 is 1. The van der Waals surface area contributed by atoms with Crippen molar-refractivity contribution in [3.8, 4) is 0 Å². The van der Waals surface area contributed by atoms with Gasteiger partial charge in [-0.2, -0.15) is 0 Å². The predicted octanol–water partition coefficient (Wildman–Crippen LogP) is 1.96. The number of amides is 1. The van der Waals surface area contributed by atoms with Crippen LogP contribution in [-0.2, 0) is 20.9 Å². The molecule has 1 N–H and O–H groups in total. The molecule has 1 aromatic heterocycles. The van der Waals surface area contributed by atoms with Crippen molar-refractivity contribution in [3.63, 3.8) is 0 Å². The van der Waals surface area contributed by atoms with Crippen LogP contribution >= 0.6 is 11.8 Å². The predicted molar refractivity (Wildman–Crippen MR) is 101 cm³/mol. The first-order valence-corrected chi connectivity index (χ1v) is 9.05. The molecule has 0 saturated carbocycles. The molecular formula is C18H23N3O4S. The normalized spacial score (nSPS) is 12.7. The molecule has 140 valence electrons. The number of thioether (sulfide) groups is 1. The molecular weight excluding hydrogens is 354 g/mol. The van der Waals surface area contributed by atoms with Gasteiger partial charge in [-0.25, -0.2) is 4.98 Å². The van der Waals surface area contributed by atoms with E-state index in [0.29, 0.717) is 16.1 Å². The maximum atomic E-state index is 12.8. The van der Waals surface area contributed by atoms with E-state index in [1.807, 2.05) is 20.8 Å². The van der Waals surface area contributed by atoms with Crippen molar-refractivity contribution in [2.24, 2.45) is 0 Å². The van der Waals surface area contributed by atoms with E-state index >= 15 is 0 Å². The molecule has 0 aliphatic carbocycles. The van der Waals surface area contributed by atoms with E-state index in [9.17, 15) is 14.4 Å². The van der Waals surface area contributed by atoms with Gasteiger partial charge in [0.1, 0.15) is 6.54 Å². The minimum absolute atomic E-state index is 0.172. The fraction of sp³-hybridized carbons (Fsp3) is 0.444. The number of hydrogen-bond acceptors (Lipinski definition) is 6. The van der Waals surface area contributed by atoms with Crippen LogP contribution in [0, 0.1) is 0 Å². The van der Waals surface area contributed by atoms with E-state index in [0.717, 1.165) is 11.8 Å². The molecule has 1 amide bonds. The summed E-state index contributed by atoms with van der Waals surface area (Å²) in [5.41, 5.74) is -0.189. The van der Waals surface area contributed by atoms with Crippen LogP contribution in [0.3, 0.4) is 0 Å². The lowest BCUT2D eigenvalue weighted by Crippen LogP contribution is -2.44. The highest BCUT2D eigenvalue weighted by atomic mass is 32.2. The maximum Gasteiger partial charge on any atom is 0.325 e. The molecule has 0 aliphatic rings. The van der Waals surface area contributed by atoms with Gasteiger partial charge in [0.05, 0.1) is 23.3 Å². The molecule has 8 heteroatoms. The third kappa shape index (κ3) is 4.85. The quantitative estimate of drug-likeness (QED) is 0.487. The van der Waals surface area contributed by atoms with Crippen molar-refractivity contribution in [3.05, 3.63) is 34.6 Å². The van der Waals surface area contributed by atoms with Gasteiger partial charge in [0.15, 0.2) is 5.16 Å². The highest BCUT2D eigenvalue weighted by molar-refractivity contribution is 8.00. The largest absolute Gasteiger partial charge is 0.468 e. The lowest BCUT2D eigenvalue weighted by Gasteiger charge is -2.23. The Kier molecular flexibility index (Phi) is 6.07. The second kappa shape index (κ2) is 7.90. The summed E-state index contributed by atoms with van der Waals surface area (Å²) in [6.45, 7) is 7.15. The minimum atomic E-state index is -0.558. The summed E-state index contributed by atoms with van der Waals surface area (Å²) in [6.07, 6.45) is 0. The number of carbonyl (C=O) groups excluding carboxylic acids is 2. The van der Waals surface area contributed by atoms with Crippen molar-refractivity contribution in [2.75, 3.05) is 7.11 Å². The maximum absolute atomic E-state index is 12.8. The van der Waals surface area contributed by atoms with Gasteiger partial charge >= 0.3 is 5.97 Å². The number of nitrogens with one attached hydrogen (secondary N) is 1. The first-order chi connectivity index (χ1) is 12.1. The Morgan fingerprint density at radius 3 is 2.58 bits per heavy atom. The number of fused-ring (bicyclic) bond motifs is 1. The van der Waals surface area contributed by atoms with Gasteiger partial charge in [0, 0.05) is 5.54 Å². The van der Waals surface area contributed by atoms with Crippen LogP contribution in [-0.4, -0.2) is 39.3 Å². The van der Waals surface area contributed by atoms with Crippen LogP contribution in [0.1, 0.15) is 27.7 Å². The Bertz CT molecular complexity index is 886. The smallest absolute Gasteiger partial charge is 0.325 e. The molecule has 0 bridgehead atoms. The molecule has 0 fully saturated rings. The average molecular weight is 377 g/mol. The van der Waals surface area contributed by atoms with E-state index < -0.39 is 11.2 Å². The van der Waals surface area contributed by atoms with Gasteiger partial charge in [0.25, 0.3) is 5.56 Å².